The summed E-state index contributed by atoms with van der Waals surface area (Å²) in [4.78, 5) is 21.6. The molecule has 0 fully saturated rings. The number of non-ortho nitro benzene ring substituents is 1. The first-order chi connectivity index (χ1) is 8.93. The van der Waals surface area contributed by atoms with Crippen LogP contribution in [-0.4, -0.2) is 28.7 Å². The lowest BCUT2D eigenvalue weighted by molar-refractivity contribution is -0.384. The van der Waals surface area contributed by atoms with Gasteiger partial charge in [-0.1, -0.05) is 11.6 Å². The Kier molecular flexibility index (Phi) is 5.53. The van der Waals surface area contributed by atoms with Gasteiger partial charge >= 0.3 is 6.03 Å². The van der Waals surface area contributed by atoms with Crippen molar-refractivity contribution in [1.29, 1.82) is 0 Å². The summed E-state index contributed by atoms with van der Waals surface area (Å²) < 4.78 is 0. The van der Waals surface area contributed by atoms with E-state index in [2.05, 4.69) is 10.6 Å². The summed E-state index contributed by atoms with van der Waals surface area (Å²) in [6.07, 6.45) is 0.413. The number of rotatable bonds is 5. The van der Waals surface area contributed by atoms with Gasteiger partial charge in [-0.05, 0) is 19.4 Å². The van der Waals surface area contributed by atoms with Crippen molar-refractivity contribution in [3.05, 3.63) is 33.3 Å². The predicted molar refractivity (Wildman–Crippen MR) is 71.4 cm³/mol. The van der Waals surface area contributed by atoms with E-state index in [1.54, 1.807) is 6.92 Å². The molecule has 1 aromatic rings. The molecule has 2 amide bonds. The highest BCUT2D eigenvalue weighted by atomic mass is 35.5. The smallest absolute Gasteiger partial charge is 0.319 e. The highest BCUT2D eigenvalue weighted by molar-refractivity contribution is 6.33. The van der Waals surface area contributed by atoms with Gasteiger partial charge in [-0.25, -0.2) is 4.79 Å². The second kappa shape index (κ2) is 6.91. The van der Waals surface area contributed by atoms with Gasteiger partial charge in [-0.3, -0.25) is 10.1 Å². The van der Waals surface area contributed by atoms with E-state index in [1.165, 1.54) is 18.2 Å². The van der Waals surface area contributed by atoms with Crippen molar-refractivity contribution in [2.45, 2.75) is 19.4 Å². The quantitative estimate of drug-likeness (QED) is 0.570. The molecule has 1 aromatic carbocycles. The average molecular weight is 288 g/mol. The summed E-state index contributed by atoms with van der Waals surface area (Å²) in [5.74, 6) is 0. The molecule has 104 valence electrons. The van der Waals surface area contributed by atoms with Crippen LogP contribution in [0.2, 0.25) is 5.02 Å². The summed E-state index contributed by atoms with van der Waals surface area (Å²) in [6, 6.07) is 3.01. The number of aliphatic hydroxyl groups is 1. The topological polar surface area (TPSA) is 104 Å². The van der Waals surface area contributed by atoms with Crippen LogP contribution in [0.1, 0.15) is 13.3 Å². The van der Waals surface area contributed by atoms with E-state index in [4.69, 9.17) is 16.7 Å². The third kappa shape index (κ3) is 4.72. The molecular weight excluding hydrogens is 274 g/mol. The molecule has 0 aromatic heterocycles. The fraction of sp³-hybridized carbons (Fsp3) is 0.364. The number of nitro groups is 1. The number of nitrogens with zero attached hydrogens (tertiary/aromatic N) is 1. The highest BCUT2D eigenvalue weighted by Crippen LogP contribution is 2.26. The second-order valence-electron chi connectivity index (χ2n) is 3.93. The molecule has 0 heterocycles. The molecule has 0 unspecified atom stereocenters. The molecule has 1 atom stereocenters. The van der Waals surface area contributed by atoms with E-state index < -0.39 is 11.0 Å². The number of amides is 2. The van der Waals surface area contributed by atoms with E-state index in [1.807, 2.05) is 0 Å². The maximum atomic E-state index is 11.6. The lowest BCUT2D eigenvalue weighted by Crippen LogP contribution is -2.36. The highest BCUT2D eigenvalue weighted by Gasteiger charge is 2.13. The van der Waals surface area contributed by atoms with Crippen molar-refractivity contribution >= 4 is 29.0 Å². The monoisotopic (exact) mass is 287 g/mol. The number of hydrogen-bond donors (Lipinski definition) is 3. The Morgan fingerprint density at radius 2 is 2.26 bits per heavy atom. The third-order valence-corrected chi connectivity index (χ3v) is 2.68. The van der Waals surface area contributed by atoms with Crippen LogP contribution < -0.4 is 10.6 Å². The largest absolute Gasteiger partial charge is 0.396 e. The lowest BCUT2D eigenvalue weighted by Gasteiger charge is -2.13. The van der Waals surface area contributed by atoms with Gasteiger partial charge in [-0.15, -0.1) is 0 Å². The molecule has 0 aliphatic heterocycles. The van der Waals surface area contributed by atoms with Crippen LogP contribution >= 0.6 is 11.6 Å². The summed E-state index contributed by atoms with van der Waals surface area (Å²) >= 11 is 5.84. The number of anilines is 1. The second-order valence-corrected chi connectivity index (χ2v) is 4.34. The zero-order valence-corrected chi connectivity index (χ0v) is 11.0. The SMILES string of the molecule is C[C@H](CCO)NC(=O)Nc1cc([N+](=O)[O-])ccc1Cl. The number of carbonyl (C=O) groups is 1. The van der Waals surface area contributed by atoms with Crippen molar-refractivity contribution < 1.29 is 14.8 Å². The van der Waals surface area contributed by atoms with Crippen molar-refractivity contribution in [3.8, 4) is 0 Å². The van der Waals surface area contributed by atoms with Gasteiger partial charge in [0.05, 0.1) is 15.6 Å². The van der Waals surface area contributed by atoms with E-state index in [-0.39, 0.29) is 29.0 Å². The fourth-order valence-corrected chi connectivity index (χ4v) is 1.54. The molecule has 7 nitrogen and oxygen atoms in total. The van der Waals surface area contributed by atoms with Crippen LogP contribution in [0.25, 0.3) is 0 Å². The number of halogens is 1. The van der Waals surface area contributed by atoms with Crippen LogP contribution in [-0.2, 0) is 0 Å². The zero-order valence-electron chi connectivity index (χ0n) is 10.2. The van der Waals surface area contributed by atoms with Crippen LogP contribution in [0.5, 0.6) is 0 Å². The number of carbonyl (C=O) groups excluding carboxylic acids is 1. The molecular formula is C11H14ClN3O4. The summed E-state index contributed by atoms with van der Waals surface area (Å²) in [5.41, 5.74) is -0.00679. The van der Waals surface area contributed by atoms with Gasteiger partial charge in [0.1, 0.15) is 0 Å². The van der Waals surface area contributed by atoms with Crippen molar-refractivity contribution in [2.75, 3.05) is 11.9 Å². The van der Waals surface area contributed by atoms with E-state index in [9.17, 15) is 14.9 Å². The fourth-order valence-electron chi connectivity index (χ4n) is 1.37. The van der Waals surface area contributed by atoms with Crippen molar-refractivity contribution in [2.24, 2.45) is 0 Å². The molecule has 0 radical (unpaired) electrons. The van der Waals surface area contributed by atoms with Gasteiger partial charge in [0.25, 0.3) is 5.69 Å². The summed E-state index contributed by atoms with van der Waals surface area (Å²) in [7, 11) is 0. The predicted octanol–water partition coefficient (Wildman–Crippen LogP) is 2.14. The van der Waals surface area contributed by atoms with Crippen molar-refractivity contribution in [3.63, 3.8) is 0 Å². The Balaban J connectivity index is 2.73. The molecule has 0 saturated heterocycles. The normalized spacial score (nSPS) is 11.7. The Bertz CT molecular complexity index is 481. The molecule has 0 bridgehead atoms. The van der Waals surface area contributed by atoms with E-state index in [0.29, 0.717) is 6.42 Å². The number of benzene rings is 1. The molecule has 1 rings (SSSR count). The molecule has 3 N–H and O–H groups in total. The molecule has 0 aliphatic rings. The Hall–Kier alpha value is -1.86. The van der Waals surface area contributed by atoms with Gasteiger partial charge in [0, 0.05) is 24.8 Å². The van der Waals surface area contributed by atoms with E-state index >= 15 is 0 Å². The minimum atomic E-state index is -0.576. The van der Waals surface area contributed by atoms with Gasteiger partial charge in [-0.2, -0.15) is 0 Å². The molecule has 0 aliphatic carbocycles. The first-order valence-electron chi connectivity index (χ1n) is 5.56. The third-order valence-electron chi connectivity index (χ3n) is 2.35. The molecule has 0 spiro atoms. The lowest BCUT2D eigenvalue weighted by atomic mass is 10.2. The summed E-state index contributed by atoms with van der Waals surface area (Å²) in [6.45, 7) is 1.68. The van der Waals surface area contributed by atoms with Gasteiger partial charge in [0.2, 0.25) is 0 Å². The molecule has 8 heteroatoms. The van der Waals surface area contributed by atoms with Crippen LogP contribution in [0, 0.1) is 10.1 Å². The van der Waals surface area contributed by atoms with Crippen LogP contribution in [0.15, 0.2) is 18.2 Å². The van der Waals surface area contributed by atoms with E-state index in [0.717, 1.165) is 0 Å². The van der Waals surface area contributed by atoms with Gasteiger partial charge in [0.15, 0.2) is 0 Å². The maximum absolute atomic E-state index is 11.6. The Morgan fingerprint density at radius 1 is 1.58 bits per heavy atom. The van der Waals surface area contributed by atoms with Crippen LogP contribution in [0.4, 0.5) is 16.2 Å². The standard InChI is InChI=1S/C11H14ClN3O4/c1-7(4-5-16)13-11(17)14-10-6-8(15(18)19)2-3-9(10)12/h2-3,6-7,16H,4-5H2,1H3,(H2,13,14,17)/t7-/m1/s1. The first-order valence-corrected chi connectivity index (χ1v) is 5.94. The molecule has 0 saturated carbocycles. The number of nitrogens with one attached hydrogen (secondary N) is 2. The number of aliphatic hydroxyl groups excluding tert-OH is 1. The zero-order chi connectivity index (χ0) is 14.4. The Morgan fingerprint density at radius 3 is 2.84 bits per heavy atom. The number of hydrogen-bond acceptors (Lipinski definition) is 4. The van der Waals surface area contributed by atoms with Crippen LogP contribution in [0.3, 0.4) is 0 Å². The van der Waals surface area contributed by atoms with Gasteiger partial charge < -0.3 is 15.7 Å². The molecule has 19 heavy (non-hydrogen) atoms. The maximum Gasteiger partial charge on any atom is 0.319 e. The summed E-state index contributed by atoms with van der Waals surface area (Å²) in [5, 5.41) is 24.5. The first kappa shape index (κ1) is 15.2. The van der Waals surface area contributed by atoms with Crippen molar-refractivity contribution in [1.82, 2.24) is 5.32 Å². The average Bonchev–Trinajstić information content (AvgIpc) is 2.31. The minimum absolute atomic E-state index is 0.0426. The minimum Gasteiger partial charge on any atom is -0.396 e. The number of nitro benzene ring substituents is 1. The number of urea groups is 1. The Labute approximate surface area is 114 Å².